The molecule has 0 aromatic heterocycles. The lowest BCUT2D eigenvalue weighted by atomic mass is 10.0. The molecule has 6 nitrogen and oxygen atoms in total. The quantitative estimate of drug-likeness (QED) is 0.0486. The first-order valence-electron chi connectivity index (χ1n) is 20.5. The first-order valence-corrected chi connectivity index (χ1v) is 20.5. The summed E-state index contributed by atoms with van der Waals surface area (Å²) in [5, 5.41) is 9.07. The van der Waals surface area contributed by atoms with Gasteiger partial charge in [-0.15, -0.1) is 0 Å². The van der Waals surface area contributed by atoms with Crippen molar-refractivity contribution < 1.29 is 19.1 Å². The van der Waals surface area contributed by atoms with Gasteiger partial charge >= 0.3 is 11.9 Å². The molecule has 0 radical (unpaired) electrons. The highest BCUT2D eigenvalue weighted by atomic mass is 16.5. The molecule has 0 amide bonds. The maximum atomic E-state index is 12.7. The number of nitrogens with zero attached hydrogens (tertiary/aromatic N) is 2. The van der Waals surface area contributed by atoms with Gasteiger partial charge in [0.25, 0.3) is 0 Å². The van der Waals surface area contributed by atoms with Gasteiger partial charge in [0.15, 0.2) is 0 Å². The molecule has 0 aliphatic rings. The van der Waals surface area contributed by atoms with Crippen molar-refractivity contribution in [1.82, 2.24) is 4.90 Å². The minimum atomic E-state index is -0.0918. The topological polar surface area (TPSA) is 79.6 Å². The lowest BCUT2D eigenvalue weighted by Gasteiger charge is -2.21. The van der Waals surface area contributed by atoms with Crippen LogP contribution in [-0.4, -0.2) is 49.2 Å². The number of nitriles is 1. The summed E-state index contributed by atoms with van der Waals surface area (Å²) in [5.41, 5.74) is 0. The number of carbonyl (C=O) groups is 2. The van der Waals surface area contributed by atoms with Crippen molar-refractivity contribution in [2.45, 2.75) is 219 Å². The Labute approximate surface area is 292 Å². The van der Waals surface area contributed by atoms with Crippen molar-refractivity contribution in [2.75, 3.05) is 26.2 Å². The summed E-state index contributed by atoms with van der Waals surface area (Å²) in [5.74, 6) is -0.0959. The van der Waals surface area contributed by atoms with Crippen LogP contribution in [0.3, 0.4) is 0 Å². The van der Waals surface area contributed by atoms with E-state index in [1.807, 2.05) is 0 Å². The normalized spacial score (nSPS) is 11.3. The van der Waals surface area contributed by atoms with Gasteiger partial charge in [0.05, 0.1) is 12.7 Å². The average Bonchev–Trinajstić information content (AvgIpc) is 3.06. The average molecular weight is 663 g/mol. The molecule has 47 heavy (non-hydrogen) atoms. The van der Waals surface area contributed by atoms with Crippen LogP contribution in [0.4, 0.5) is 0 Å². The van der Waals surface area contributed by atoms with E-state index in [0.29, 0.717) is 25.9 Å². The lowest BCUT2D eigenvalue weighted by Crippen LogP contribution is -2.27. The second kappa shape index (κ2) is 37.2. The molecular formula is C41H78N2O4. The second-order valence-corrected chi connectivity index (χ2v) is 13.9. The lowest BCUT2D eigenvalue weighted by molar-refractivity contribution is -0.150. The van der Waals surface area contributed by atoms with E-state index in [0.717, 1.165) is 83.8 Å². The van der Waals surface area contributed by atoms with Gasteiger partial charge in [-0.3, -0.25) is 9.59 Å². The van der Waals surface area contributed by atoms with Crippen LogP contribution in [-0.2, 0) is 19.1 Å². The zero-order valence-corrected chi connectivity index (χ0v) is 31.6. The minimum absolute atomic E-state index is 0.00409. The molecule has 0 atom stereocenters. The molecule has 0 heterocycles. The number of carbonyl (C=O) groups excluding carboxylic acids is 2. The Morgan fingerprint density at radius 3 is 1.53 bits per heavy atom. The molecule has 0 saturated heterocycles. The third kappa shape index (κ3) is 34.1. The molecule has 276 valence electrons. The minimum Gasteiger partial charge on any atom is -0.466 e. The summed E-state index contributed by atoms with van der Waals surface area (Å²) in [6, 6.07) is 2.26. The highest BCUT2D eigenvalue weighted by molar-refractivity contribution is 5.69. The molecule has 0 fully saturated rings. The molecule has 0 bridgehead atoms. The molecule has 0 aliphatic carbocycles. The molecular weight excluding hydrogens is 584 g/mol. The Hall–Kier alpha value is -1.61. The van der Waals surface area contributed by atoms with Crippen molar-refractivity contribution in [3.8, 4) is 6.07 Å². The van der Waals surface area contributed by atoms with Crippen molar-refractivity contribution in [3.05, 3.63) is 0 Å². The molecule has 0 aliphatic heterocycles. The van der Waals surface area contributed by atoms with Gasteiger partial charge in [-0.2, -0.15) is 5.26 Å². The van der Waals surface area contributed by atoms with Gasteiger partial charge in [-0.1, -0.05) is 143 Å². The first kappa shape index (κ1) is 45.4. The van der Waals surface area contributed by atoms with Crippen molar-refractivity contribution in [3.63, 3.8) is 0 Å². The summed E-state index contributed by atoms with van der Waals surface area (Å²) < 4.78 is 11.4. The predicted octanol–water partition coefficient (Wildman–Crippen LogP) is 12.0. The first-order chi connectivity index (χ1) is 23.1. The van der Waals surface area contributed by atoms with Crippen LogP contribution in [0.25, 0.3) is 0 Å². The molecule has 0 N–H and O–H groups in total. The Kier molecular flexibility index (Phi) is 35.9. The van der Waals surface area contributed by atoms with E-state index in [-0.39, 0.29) is 18.0 Å². The predicted molar refractivity (Wildman–Crippen MR) is 198 cm³/mol. The van der Waals surface area contributed by atoms with E-state index in [1.54, 1.807) is 0 Å². The Balaban J connectivity index is 4.13. The van der Waals surface area contributed by atoms with Crippen LogP contribution in [0.5, 0.6) is 0 Å². The van der Waals surface area contributed by atoms with E-state index in [2.05, 4.69) is 31.7 Å². The largest absolute Gasteiger partial charge is 0.466 e. The van der Waals surface area contributed by atoms with Gasteiger partial charge in [0, 0.05) is 25.8 Å². The number of hydrogen-bond donors (Lipinski definition) is 0. The van der Waals surface area contributed by atoms with Crippen LogP contribution >= 0.6 is 0 Å². The van der Waals surface area contributed by atoms with Gasteiger partial charge in [0.2, 0.25) is 0 Å². The zero-order valence-electron chi connectivity index (χ0n) is 31.6. The van der Waals surface area contributed by atoms with Crippen molar-refractivity contribution >= 4 is 11.9 Å². The fourth-order valence-electron chi connectivity index (χ4n) is 6.25. The maximum absolute atomic E-state index is 12.7. The fourth-order valence-corrected chi connectivity index (χ4v) is 6.25. The monoisotopic (exact) mass is 663 g/mol. The van der Waals surface area contributed by atoms with Crippen LogP contribution < -0.4 is 0 Å². The van der Waals surface area contributed by atoms with E-state index in [1.165, 1.54) is 109 Å². The third-order valence-corrected chi connectivity index (χ3v) is 9.32. The SMILES string of the molecule is CCCCCCCCCOC(=O)CCCN(CCC#N)CCCCCCCC(=O)OC(CCCCCCCC)CCCCCCCC. The molecule has 0 aromatic carbocycles. The van der Waals surface area contributed by atoms with Gasteiger partial charge in [-0.25, -0.2) is 0 Å². The van der Waals surface area contributed by atoms with Crippen LogP contribution in [0, 0.1) is 11.3 Å². The van der Waals surface area contributed by atoms with E-state index in [4.69, 9.17) is 14.7 Å². The molecule has 0 saturated carbocycles. The Bertz CT molecular complexity index is 707. The highest BCUT2D eigenvalue weighted by Crippen LogP contribution is 2.18. The van der Waals surface area contributed by atoms with Gasteiger partial charge < -0.3 is 14.4 Å². The molecule has 0 rings (SSSR count). The summed E-state index contributed by atoms with van der Waals surface area (Å²) in [4.78, 5) is 27.1. The highest BCUT2D eigenvalue weighted by Gasteiger charge is 2.14. The molecule has 0 spiro atoms. The number of rotatable bonds is 37. The molecule has 6 heteroatoms. The van der Waals surface area contributed by atoms with E-state index in [9.17, 15) is 9.59 Å². The Morgan fingerprint density at radius 2 is 0.979 bits per heavy atom. The number of esters is 2. The summed E-state index contributed by atoms with van der Waals surface area (Å²) in [6.45, 7) is 9.83. The van der Waals surface area contributed by atoms with Crippen LogP contribution in [0.15, 0.2) is 0 Å². The number of unbranched alkanes of at least 4 members (excludes halogenated alkanes) is 20. The van der Waals surface area contributed by atoms with E-state index < -0.39 is 0 Å². The molecule has 0 aromatic rings. The summed E-state index contributed by atoms with van der Waals surface area (Å²) in [7, 11) is 0. The second-order valence-electron chi connectivity index (χ2n) is 13.9. The summed E-state index contributed by atoms with van der Waals surface area (Å²) in [6.07, 6.45) is 33.5. The summed E-state index contributed by atoms with van der Waals surface area (Å²) >= 11 is 0. The van der Waals surface area contributed by atoms with Crippen LogP contribution in [0.2, 0.25) is 0 Å². The Morgan fingerprint density at radius 1 is 0.532 bits per heavy atom. The number of hydrogen-bond acceptors (Lipinski definition) is 6. The zero-order chi connectivity index (χ0) is 34.5. The van der Waals surface area contributed by atoms with E-state index >= 15 is 0 Å². The maximum Gasteiger partial charge on any atom is 0.306 e. The van der Waals surface area contributed by atoms with Gasteiger partial charge in [-0.05, 0) is 64.5 Å². The van der Waals surface area contributed by atoms with Crippen LogP contribution in [0.1, 0.15) is 213 Å². The third-order valence-electron chi connectivity index (χ3n) is 9.32. The molecule has 0 unspecified atom stereocenters. The standard InChI is InChI=1S/C41H78N2O4/c1-4-7-10-13-16-22-27-38-46-40(44)33-28-36-43(37-29-34-42)35-26-21-17-20-25-32-41(45)47-39(30-23-18-14-11-8-5-2)31-24-19-15-12-9-6-3/h39H,4-33,35-38H2,1-3H3. The van der Waals surface area contributed by atoms with Gasteiger partial charge in [0.1, 0.15) is 6.10 Å². The number of ether oxygens (including phenoxy) is 2. The van der Waals surface area contributed by atoms with Crippen molar-refractivity contribution in [2.24, 2.45) is 0 Å². The smallest absolute Gasteiger partial charge is 0.306 e. The fraction of sp³-hybridized carbons (Fsp3) is 0.927. The van der Waals surface area contributed by atoms with Crippen molar-refractivity contribution in [1.29, 1.82) is 5.26 Å².